The van der Waals surface area contributed by atoms with Gasteiger partial charge in [-0.25, -0.2) is 0 Å². The Labute approximate surface area is 125 Å². The zero-order valence-corrected chi connectivity index (χ0v) is 13.3. The van der Waals surface area contributed by atoms with Crippen LogP contribution in [0.4, 0.5) is 11.9 Å². The SMILES string of the molecule is CCNc1nc(NCC(COC)OC)nc(OC(C)C)n1. The van der Waals surface area contributed by atoms with Crippen LogP contribution in [0, 0.1) is 0 Å². The van der Waals surface area contributed by atoms with Gasteiger partial charge in [-0.15, -0.1) is 0 Å². The van der Waals surface area contributed by atoms with Crippen molar-refractivity contribution >= 4 is 11.9 Å². The van der Waals surface area contributed by atoms with Crippen molar-refractivity contribution in [1.82, 2.24) is 15.0 Å². The van der Waals surface area contributed by atoms with Gasteiger partial charge in [0.05, 0.1) is 18.8 Å². The zero-order valence-electron chi connectivity index (χ0n) is 13.3. The normalized spacial score (nSPS) is 12.3. The molecule has 8 nitrogen and oxygen atoms in total. The third-order valence-corrected chi connectivity index (χ3v) is 2.46. The maximum atomic E-state index is 5.52. The first kappa shape index (κ1) is 17.4. The molecule has 0 spiro atoms. The molecule has 0 bridgehead atoms. The molecule has 1 aromatic rings. The molecule has 0 aromatic carbocycles. The minimum absolute atomic E-state index is 0.00468. The number of hydrogen-bond donors (Lipinski definition) is 2. The second-order valence-corrected chi connectivity index (χ2v) is 4.66. The standard InChI is InChI=1S/C13H25N5O3/c1-6-14-11-16-12(15-7-10(20-5)8-19-4)18-13(17-11)21-9(2)3/h9-10H,6-8H2,1-5H3,(H2,14,15,16,17,18). The molecule has 2 N–H and O–H groups in total. The quantitative estimate of drug-likeness (QED) is 0.665. The Balaban J connectivity index is 2.76. The number of rotatable bonds is 10. The third-order valence-electron chi connectivity index (χ3n) is 2.46. The summed E-state index contributed by atoms with van der Waals surface area (Å²) in [5.74, 6) is 0.918. The molecule has 0 saturated carbocycles. The monoisotopic (exact) mass is 299 g/mol. The summed E-state index contributed by atoms with van der Waals surface area (Å²) < 4.78 is 15.9. The minimum atomic E-state index is -0.0798. The van der Waals surface area contributed by atoms with Crippen molar-refractivity contribution in [2.75, 3.05) is 44.5 Å². The lowest BCUT2D eigenvalue weighted by molar-refractivity contribution is 0.0364. The van der Waals surface area contributed by atoms with Crippen LogP contribution in [0.5, 0.6) is 6.01 Å². The molecule has 0 radical (unpaired) electrons. The Morgan fingerprint density at radius 3 is 2.24 bits per heavy atom. The Morgan fingerprint density at radius 2 is 1.71 bits per heavy atom. The Kier molecular flexibility index (Phi) is 7.70. The predicted molar refractivity (Wildman–Crippen MR) is 80.9 cm³/mol. The van der Waals surface area contributed by atoms with Crippen LogP contribution < -0.4 is 15.4 Å². The van der Waals surface area contributed by atoms with Gasteiger partial charge in [0.1, 0.15) is 0 Å². The first-order valence-electron chi connectivity index (χ1n) is 7.01. The van der Waals surface area contributed by atoms with Gasteiger partial charge in [-0.3, -0.25) is 0 Å². The number of ether oxygens (including phenoxy) is 3. The van der Waals surface area contributed by atoms with E-state index in [1.54, 1.807) is 14.2 Å². The summed E-state index contributed by atoms with van der Waals surface area (Å²) in [5, 5.41) is 6.16. The average molecular weight is 299 g/mol. The number of aromatic nitrogens is 3. The van der Waals surface area contributed by atoms with Gasteiger partial charge in [0.25, 0.3) is 0 Å². The summed E-state index contributed by atoms with van der Waals surface area (Å²) in [7, 11) is 3.27. The van der Waals surface area contributed by atoms with Gasteiger partial charge >= 0.3 is 6.01 Å². The van der Waals surface area contributed by atoms with E-state index in [0.29, 0.717) is 31.1 Å². The van der Waals surface area contributed by atoms with Crippen LogP contribution in [0.1, 0.15) is 20.8 Å². The molecule has 1 unspecified atom stereocenters. The van der Waals surface area contributed by atoms with Gasteiger partial charge < -0.3 is 24.8 Å². The lowest BCUT2D eigenvalue weighted by Crippen LogP contribution is -2.27. The highest BCUT2D eigenvalue weighted by Gasteiger charge is 2.11. The fourth-order valence-electron chi connectivity index (χ4n) is 1.54. The molecule has 0 aliphatic rings. The van der Waals surface area contributed by atoms with Crippen molar-refractivity contribution < 1.29 is 14.2 Å². The molecule has 0 amide bonds. The van der Waals surface area contributed by atoms with E-state index in [9.17, 15) is 0 Å². The average Bonchev–Trinajstić information content (AvgIpc) is 2.43. The van der Waals surface area contributed by atoms with Crippen LogP contribution in [0.2, 0.25) is 0 Å². The molecule has 0 fully saturated rings. The second-order valence-electron chi connectivity index (χ2n) is 4.66. The van der Waals surface area contributed by atoms with Crippen LogP contribution in [0.15, 0.2) is 0 Å². The highest BCUT2D eigenvalue weighted by molar-refractivity contribution is 5.35. The minimum Gasteiger partial charge on any atom is -0.461 e. The van der Waals surface area contributed by atoms with Crippen molar-refractivity contribution in [3.05, 3.63) is 0 Å². The van der Waals surface area contributed by atoms with Gasteiger partial charge in [0.15, 0.2) is 0 Å². The van der Waals surface area contributed by atoms with E-state index < -0.39 is 0 Å². The highest BCUT2D eigenvalue weighted by atomic mass is 16.5. The molecular formula is C13H25N5O3. The molecule has 0 saturated heterocycles. The smallest absolute Gasteiger partial charge is 0.323 e. The summed E-state index contributed by atoms with van der Waals surface area (Å²) in [6, 6.07) is 0.291. The first-order valence-corrected chi connectivity index (χ1v) is 7.01. The van der Waals surface area contributed by atoms with Crippen LogP contribution >= 0.6 is 0 Å². The predicted octanol–water partition coefficient (Wildman–Crippen LogP) is 1.16. The number of anilines is 2. The lowest BCUT2D eigenvalue weighted by Gasteiger charge is -2.16. The number of hydrogen-bond acceptors (Lipinski definition) is 8. The molecular weight excluding hydrogens is 274 g/mol. The summed E-state index contributed by atoms with van der Waals surface area (Å²) >= 11 is 0. The van der Waals surface area contributed by atoms with Gasteiger partial charge in [0, 0.05) is 27.3 Å². The van der Waals surface area contributed by atoms with Crippen LogP contribution in [0.3, 0.4) is 0 Å². The summed E-state index contributed by atoms with van der Waals surface area (Å²) in [6.07, 6.45) is -0.0845. The van der Waals surface area contributed by atoms with Gasteiger partial charge in [-0.1, -0.05) is 0 Å². The summed E-state index contributed by atoms with van der Waals surface area (Å²) in [5.41, 5.74) is 0. The van der Waals surface area contributed by atoms with Gasteiger partial charge in [-0.2, -0.15) is 15.0 Å². The lowest BCUT2D eigenvalue weighted by atomic mass is 10.4. The van der Waals surface area contributed by atoms with Crippen LogP contribution in [0.25, 0.3) is 0 Å². The van der Waals surface area contributed by atoms with Crippen LogP contribution in [-0.4, -0.2) is 61.1 Å². The van der Waals surface area contributed by atoms with E-state index in [0.717, 1.165) is 6.54 Å². The summed E-state index contributed by atoms with van der Waals surface area (Å²) in [4.78, 5) is 12.7. The van der Waals surface area contributed by atoms with Crippen molar-refractivity contribution in [1.29, 1.82) is 0 Å². The van der Waals surface area contributed by atoms with Crippen LogP contribution in [-0.2, 0) is 9.47 Å². The maximum Gasteiger partial charge on any atom is 0.323 e. The Morgan fingerprint density at radius 1 is 1.05 bits per heavy atom. The third kappa shape index (κ3) is 6.54. The number of methoxy groups -OCH3 is 2. The largest absolute Gasteiger partial charge is 0.461 e. The fourth-order valence-corrected chi connectivity index (χ4v) is 1.54. The molecule has 1 atom stereocenters. The van der Waals surface area contributed by atoms with E-state index in [1.807, 2.05) is 20.8 Å². The number of nitrogens with zero attached hydrogens (tertiary/aromatic N) is 3. The molecule has 120 valence electrons. The first-order chi connectivity index (χ1) is 10.1. The molecule has 0 aliphatic heterocycles. The molecule has 1 heterocycles. The maximum absolute atomic E-state index is 5.52. The van der Waals surface area contributed by atoms with E-state index in [-0.39, 0.29) is 12.2 Å². The molecule has 1 rings (SSSR count). The molecule has 8 heteroatoms. The fraction of sp³-hybridized carbons (Fsp3) is 0.769. The molecule has 21 heavy (non-hydrogen) atoms. The van der Waals surface area contributed by atoms with E-state index >= 15 is 0 Å². The zero-order chi connectivity index (χ0) is 15.7. The second kappa shape index (κ2) is 9.30. The van der Waals surface area contributed by atoms with Crippen molar-refractivity contribution in [3.63, 3.8) is 0 Å². The topological polar surface area (TPSA) is 90.4 Å². The van der Waals surface area contributed by atoms with E-state index in [2.05, 4.69) is 25.6 Å². The molecule has 0 aliphatic carbocycles. The van der Waals surface area contributed by atoms with Crippen molar-refractivity contribution in [2.24, 2.45) is 0 Å². The summed E-state index contributed by atoms with van der Waals surface area (Å²) in [6.45, 7) is 7.55. The number of nitrogens with one attached hydrogen (secondary N) is 2. The van der Waals surface area contributed by atoms with Crippen molar-refractivity contribution in [2.45, 2.75) is 33.0 Å². The van der Waals surface area contributed by atoms with Gasteiger partial charge in [0.2, 0.25) is 11.9 Å². The van der Waals surface area contributed by atoms with Gasteiger partial charge in [-0.05, 0) is 20.8 Å². The van der Waals surface area contributed by atoms with E-state index in [4.69, 9.17) is 14.2 Å². The van der Waals surface area contributed by atoms with E-state index in [1.165, 1.54) is 0 Å². The Bertz CT molecular complexity index is 417. The Hall–Kier alpha value is -1.67. The molecule has 1 aromatic heterocycles. The highest BCUT2D eigenvalue weighted by Crippen LogP contribution is 2.12. The van der Waals surface area contributed by atoms with Crippen molar-refractivity contribution in [3.8, 4) is 6.01 Å².